The van der Waals surface area contributed by atoms with Crippen LogP contribution in [0.15, 0.2) is 29.1 Å². The summed E-state index contributed by atoms with van der Waals surface area (Å²) in [5.41, 5.74) is 2.78. The highest BCUT2D eigenvalue weighted by Crippen LogP contribution is 2.19. The summed E-state index contributed by atoms with van der Waals surface area (Å²) < 4.78 is 0.702. The third-order valence-corrected chi connectivity index (χ3v) is 3.23. The second-order valence-corrected chi connectivity index (χ2v) is 5.02. The molecular weight excluding hydrogens is 324 g/mol. The molecule has 7 nitrogen and oxygen atoms in total. The topological polar surface area (TPSA) is 109 Å². The number of nitrogens with two attached hydrogens (primary N) is 1. The maximum absolute atomic E-state index is 12.3. The van der Waals surface area contributed by atoms with Crippen LogP contribution in [0.25, 0.3) is 0 Å². The zero-order valence-electron chi connectivity index (χ0n) is 10.9. The van der Waals surface area contributed by atoms with Crippen molar-refractivity contribution in [2.24, 2.45) is 5.84 Å². The third-order valence-electron chi connectivity index (χ3n) is 2.80. The average molecular weight is 339 g/mol. The Morgan fingerprint density at radius 2 is 2.35 bits per heavy atom. The minimum atomic E-state index is -0.269. The van der Waals surface area contributed by atoms with Gasteiger partial charge in [-0.2, -0.15) is 0 Å². The van der Waals surface area contributed by atoms with Crippen LogP contribution in [0.5, 0.6) is 0 Å². The number of carbonyl (C=O) groups is 1. The fraction of sp³-hybridized carbons (Fsp3) is 0.250. The Morgan fingerprint density at radius 1 is 1.55 bits per heavy atom. The van der Waals surface area contributed by atoms with Gasteiger partial charge in [0.25, 0.3) is 5.91 Å². The van der Waals surface area contributed by atoms with Crippen LogP contribution in [0.2, 0.25) is 0 Å². The molecule has 2 aromatic heterocycles. The summed E-state index contributed by atoms with van der Waals surface area (Å²) in [4.78, 5) is 23.5. The lowest BCUT2D eigenvalue weighted by atomic mass is 10.1. The number of imidazole rings is 1. The zero-order chi connectivity index (χ0) is 14.5. The number of hydrazine groups is 1. The van der Waals surface area contributed by atoms with Crippen molar-refractivity contribution < 1.29 is 4.79 Å². The SMILES string of the molecule is CCC(NC(=O)c1cc(Br)cnc1NN)c1ncc[nH]1. The second-order valence-electron chi connectivity index (χ2n) is 4.10. The van der Waals surface area contributed by atoms with E-state index in [9.17, 15) is 4.79 Å². The van der Waals surface area contributed by atoms with Gasteiger partial charge in [-0.05, 0) is 28.4 Å². The number of aromatic nitrogens is 3. The van der Waals surface area contributed by atoms with Gasteiger partial charge in [-0.25, -0.2) is 15.8 Å². The Kier molecular flexibility index (Phi) is 4.70. The van der Waals surface area contributed by atoms with Crippen LogP contribution in [-0.2, 0) is 0 Å². The van der Waals surface area contributed by atoms with Gasteiger partial charge in [0.05, 0.1) is 11.6 Å². The number of nitrogen functional groups attached to an aromatic ring is 1. The number of halogens is 1. The van der Waals surface area contributed by atoms with Gasteiger partial charge in [0.15, 0.2) is 5.82 Å². The summed E-state index contributed by atoms with van der Waals surface area (Å²) in [6.07, 6.45) is 5.65. The number of nitrogens with one attached hydrogen (secondary N) is 3. The van der Waals surface area contributed by atoms with Crippen LogP contribution < -0.4 is 16.6 Å². The van der Waals surface area contributed by atoms with E-state index in [1.54, 1.807) is 24.7 Å². The number of nitrogens with zero attached hydrogens (tertiary/aromatic N) is 2. The van der Waals surface area contributed by atoms with Gasteiger partial charge in [-0.3, -0.25) is 4.79 Å². The highest BCUT2D eigenvalue weighted by atomic mass is 79.9. The molecule has 5 N–H and O–H groups in total. The minimum Gasteiger partial charge on any atom is -0.347 e. The normalized spacial score (nSPS) is 11.9. The number of H-pyrrole nitrogens is 1. The number of hydrogen-bond donors (Lipinski definition) is 4. The van der Waals surface area contributed by atoms with Crippen molar-refractivity contribution in [3.63, 3.8) is 0 Å². The quantitative estimate of drug-likeness (QED) is 0.490. The van der Waals surface area contributed by atoms with Crippen molar-refractivity contribution in [3.05, 3.63) is 40.5 Å². The standard InChI is InChI=1S/C12H15BrN6O/c1-2-9(11-15-3-4-16-11)18-12(20)8-5-7(13)6-17-10(8)19-14/h3-6,9H,2,14H2,1H3,(H,15,16)(H,17,19)(H,18,20). The van der Waals surface area contributed by atoms with Crippen molar-refractivity contribution in [3.8, 4) is 0 Å². The van der Waals surface area contributed by atoms with E-state index in [4.69, 9.17) is 5.84 Å². The molecular formula is C12H15BrN6O. The summed E-state index contributed by atoms with van der Waals surface area (Å²) in [5.74, 6) is 6.13. The molecule has 1 unspecified atom stereocenters. The average Bonchev–Trinajstić information content (AvgIpc) is 2.98. The van der Waals surface area contributed by atoms with E-state index in [0.29, 0.717) is 28.1 Å². The van der Waals surface area contributed by atoms with Crippen molar-refractivity contribution in [1.82, 2.24) is 20.3 Å². The Labute approximate surface area is 124 Å². The summed E-state index contributed by atoms with van der Waals surface area (Å²) in [5, 5.41) is 2.90. The number of anilines is 1. The van der Waals surface area contributed by atoms with Gasteiger partial charge in [0.2, 0.25) is 0 Å². The first kappa shape index (κ1) is 14.5. The minimum absolute atomic E-state index is 0.192. The fourth-order valence-electron chi connectivity index (χ4n) is 1.80. The lowest BCUT2D eigenvalue weighted by molar-refractivity contribution is 0.0934. The van der Waals surface area contributed by atoms with Crippen LogP contribution in [0.1, 0.15) is 35.6 Å². The lowest BCUT2D eigenvalue weighted by Crippen LogP contribution is -2.30. The molecule has 106 valence electrons. The van der Waals surface area contributed by atoms with Gasteiger partial charge >= 0.3 is 0 Å². The smallest absolute Gasteiger partial charge is 0.255 e. The van der Waals surface area contributed by atoms with Crippen molar-refractivity contribution in [2.45, 2.75) is 19.4 Å². The molecule has 2 heterocycles. The largest absolute Gasteiger partial charge is 0.347 e. The second kappa shape index (κ2) is 6.49. The Balaban J connectivity index is 2.21. The maximum Gasteiger partial charge on any atom is 0.255 e. The molecule has 0 fully saturated rings. The van der Waals surface area contributed by atoms with Crippen LogP contribution in [0.3, 0.4) is 0 Å². The molecule has 0 aliphatic rings. The molecule has 0 aromatic carbocycles. The van der Waals surface area contributed by atoms with Gasteiger partial charge in [0, 0.05) is 23.1 Å². The Morgan fingerprint density at radius 3 is 2.95 bits per heavy atom. The maximum atomic E-state index is 12.3. The highest BCUT2D eigenvalue weighted by Gasteiger charge is 2.19. The first-order valence-electron chi connectivity index (χ1n) is 6.08. The highest BCUT2D eigenvalue weighted by molar-refractivity contribution is 9.10. The van der Waals surface area contributed by atoms with E-state index in [1.165, 1.54) is 0 Å². The number of amides is 1. The molecule has 20 heavy (non-hydrogen) atoms. The van der Waals surface area contributed by atoms with E-state index in [2.05, 4.69) is 41.6 Å². The predicted molar refractivity (Wildman–Crippen MR) is 78.8 cm³/mol. The van der Waals surface area contributed by atoms with Crippen molar-refractivity contribution in [2.75, 3.05) is 5.43 Å². The summed E-state index contributed by atoms with van der Waals surface area (Å²) in [6, 6.07) is 1.47. The third kappa shape index (κ3) is 3.14. The van der Waals surface area contributed by atoms with E-state index in [1.807, 2.05) is 6.92 Å². The van der Waals surface area contributed by atoms with Crippen LogP contribution in [0.4, 0.5) is 5.82 Å². The molecule has 0 bridgehead atoms. The number of carbonyl (C=O) groups excluding carboxylic acids is 1. The van der Waals surface area contributed by atoms with Crippen molar-refractivity contribution >= 4 is 27.7 Å². The molecule has 0 saturated carbocycles. The van der Waals surface area contributed by atoms with E-state index in [-0.39, 0.29) is 11.9 Å². The van der Waals surface area contributed by atoms with Gasteiger partial charge in [-0.1, -0.05) is 6.92 Å². The van der Waals surface area contributed by atoms with E-state index >= 15 is 0 Å². The van der Waals surface area contributed by atoms with Gasteiger partial charge in [0.1, 0.15) is 5.82 Å². The molecule has 1 amide bonds. The molecule has 0 spiro atoms. The Hall–Kier alpha value is -1.93. The summed E-state index contributed by atoms with van der Waals surface area (Å²) in [6.45, 7) is 1.97. The number of aromatic amines is 1. The molecule has 0 saturated heterocycles. The molecule has 0 radical (unpaired) electrons. The van der Waals surface area contributed by atoms with Crippen LogP contribution in [0, 0.1) is 0 Å². The Bertz CT molecular complexity index is 586. The number of pyridine rings is 1. The van der Waals surface area contributed by atoms with Crippen LogP contribution in [-0.4, -0.2) is 20.9 Å². The number of hydrogen-bond acceptors (Lipinski definition) is 5. The van der Waals surface area contributed by atoms with Crippen molar-refractivity contribution in [1.29, 1.82) is 0 Å². The predicted octanol–water partition coefficient (Wildman–Crippen LogP) is 1.73. The molecule has 0 aliphatic carbocycles. The molecule has 2 rings (SSSR count). The molecule has 2 aromatic rings. The van der Waals surface area contributed by atoms with E-state index in [0.717, 1.165) is 0 Å². The summed E-state index contributed by atoms with van der Waals surface area (Å²) in [7, 11) is 0. The van der Waals surface area contributed by atoms with E-state index < -0.39 is 0 Å². The zero-order valence-corrected chi connectivity index (χ0v) is 12.4. The first-order chi connectivity index (χ1) is 9.65. The van der Waals surface area contributed by atoms with Gasteiger partial charge in [-0.15, -0.1) is 0 Å². The molecule has 0 aliphatic heterocycles. The van der Waals surface area contributed by atoms with Gasteiger partial charge < -0.3 is 15.7 Å². The summed E-state index contributed by atoms with van der Waals surface area (Å²) >= 11 is 3.29. The fourth-order valence-corrected chi connectivity index (χ4v) is 2.13. The monoisotopic (exact) mass is 338 g/mol. The van der Waals surface area contributed by atoms with Crippen LogP contribution >= 0.6 is 15.9 Å². The molecule has 8 heteroatoms. The first-order valence-corrected chi connectivity index (χ1v) is 6.87. The molecule has 1 atom stereocenters. The number of rotatable bonds is 5. The lowest BCUT2D eigenvalue weighted by Gasteiger charge is -2.16.